The minimum Gasteiger partial charge on any atom is -0.329 e. The summed E-state index contributed by atoms with van der Waals surface area (Å²) < 4.78 is 0. The van der Waals surface area contributed by atoms with Crippen LogP contribution in [-0.2, 0) is 11.2 Å². The average molecular weight is 263 g/mol. The van der Waals surface area contributed by atoms with E-state index in [1.165, 1.54) is 19.3 Å². The zero-order valence-electron chi connectivity index (χ0n) is 12.1. The van der Waals surface area contributed by atoms with Crippen LogP contribution in [0.1, 0.15) is 64.6 Å². The standard InChI is InChI=1S/C15H25N3O/c1-3-4-10-14-16-11-15(17-14)18(12(2)19)13-8-6-5-7-9-13/h11,13H,3-10H2,1-2H3,(H,16,17). The van der Waals surface area contributed by atoms with Gasteiger partial charge in [-0.2, -0.15) is 0 Å². The molecule has 1 amide bonds. The number of imidazole rings is 1. The third kappa shape index (κ3) is 3.58. The number of hydrogen-bond acceptors (Lipinski definition) is 2. The Bertz CT molecular complexity index is 407. The number of unbranched alkanes of at least 4 members (excludes halogenated alkanes) is 1. The Balaban J connectivity index is 2.09. The maximum atomic E-state index is 11.9. The van der Waals surface area contributed by atoms with E-state index in [0.717, 1.165) is 43.7 Å². The molecule has 1 aliphatic carbocycles. The van der Waals surface area contributed by atoms with Crippen LogP contribution in [0.3, 0.4) is 0 Å². The second-order valence-corrected chi connectivity index (χ2v) is 5.50. The van der Waals surface area contributed by atoms with Crippen molar-refractivity contribution in [2.24, 2.45) is 0 Å². The van der Waals surface area contributed by atoms with E-state index in [4.69, 9.17) is 0 Å². The molecule has 1 saturated carbocycles. The highest BCUT2D eigenvalue weighted by molar-refractivity contribution is 5.91. The molecule has 0 unspecified atom stereocenters. The molecular formula is C15H25N3O. The molecule has 0 aliphatic heterocycles. The summed E-state index contributed by atoms with van der Waals surface area (Å²) in [5, 5.41) is 0. The van der Waals surface area contributed by atoms with Crippen molar-refractivity contribution < 1.29 is 4.79 Å². The van der Waals surface area contributed by atoms with Gasteiger partial charge in [0.2, 0.25) is 5.91 Å². The summed E-state index contributed by atoms with van der Waals surface area (Å²) >= 11 is 0. The van der Waals surface area contributed by atoms with Gasteiger partial charge in [0.25, 0.3) is 0 Å². The number of amides is 1. The van der Waals surface area contributed by atoms with Gasteiger partial charge in [0, 0.05) is 19.4 Å². The topological polar surface area (TPSA) is 49.0 Å². The first kappa shape index (κ1) is 14.1. The second kappa shape index (κ2) is 6.73. The quantitative estimate of drug-likeness (QED) is 0.884. The van der Waals surface area contributed by atoms with Crippen LogP contribution in [-0.4, -0.2) is 21.9 Å². The van der Waals surface area contributed by atoms with Crippen molar-refractivity contribution in [1.29, 1.82) is 0 Å². The number of carbonyl (C=O) groups excluding carboxylic acids is 1. The van der Waals surface area contributed by atoms with Crippen LogP contribution in [0.25, 0.3) is 0 Å². The summed E-state index contributed by atoms with van der Waals surface area (Å²) in [6, 6.07) is 0.353. The van der Waals surface area contributed by atoms with Crippen molar-refractivity contribution >= 4 is 11.7 Å². The third-order valence-corrected chi connectivity index (χ3v) is 3.92. The van der Waals surface area contributed by atoms with Crippen molar-refractivity contribution in [1.82, 2.24) is 9.97 Å². The zero-order valence-corrected chi connectivity index (χ0v) is 12.1. The zero-order chi connectivity index (χ0) is 13.7. The van der Waals surface area contributed by atoms with Crippen LogP contribution >= 0.6 is 0 Å². The van der Waals surface area contributed by atoms with Gasteiger partial charge >= 0.3 is 0 Å². The highest BCUT2D eigenvalue weighted by Gasteiger charge is 2.25. The van der Waals surface area contributed by atoms with E-state index < -0.39 is 0 Å². The van der Waals surface area contributed by atoms with Crippen molar-refractivity contribution in [3.8, 4) is 0 Å². The Morgan fingerprint density at radius 2 is 2.16 bits per heavy atom. The lowest BCUT2D eigenvalue weighted by Crippen LogP contribution is -2.40. The normalized spacial score (nSPS) is 16.5. The molecule has 0 bridgehead atoms. The number of aromatic amines is 1. The van der Waals surface area contributed by atoms with E-state index >= 15 is 0 Å². The Labute approximate surface area is 115 Å². The Morgan fingerprint density at radius 3 is 2.79 bits per heavy atom. The molecule has 106 valence electrons. The molecule has 1 N–H and O–H groups in total. The molecule has 1 aliphatic rings. The number of hydrogen-bond donors (Lipinski definition) is 1. The van der Waals surface area contributed by atoms with E-state index in [0.29, 0.717) is 6.04 Å². The average Bonchev–Trinajstić information content (AvgIpc) is 2.86. The SMILES string of the molecule is CCCCc1ncc(N(C(C)=O)C2CCCCC2)[nH]1. The van der Waals surface area contributed by atoms with Gasteiger partial charge in [-0.25, -0.2) is 4.98 Å². The number of carbonyl (C=O) groups is 1. The predicted molar refractivity (Wildman–Crippen MR) is 77.2 cm³/mol. The molecule has 1 aromatic heterocycles. The first-order valence-corrected chi connectivity index (χ1v) is 7.56. The molecular weight excluding hydrogens is 238 g/mol. The molecule has 2 rings (SSSR count). The van der Waals surface area contributed by atoms with Crippen LogP contribution in [0.15, 0.2) is 6.20 Å². The summed E-state index contributed by atoms with van der Waals surface area (Å²) in [6.45, 7) is 3.83. The molecule has 1 heterocycles. The number of rotatable bonds is 5. The third-order valence-electron chi connectivity index (χ3n) is 3.92. The first-order chi connectivity index (χ1) is 9.22. The fourth-order valence-electron chi connectivity index (χ4n) is 2.91. The van der Waals surface area contributed by atoms with Crippen molar-refractivity contribution in [2.45, 2.75) is 71.3 Å². The van der Waals surface area contributed by atoms with E-state index in [9.17, 15) is 4.79 Å². The van der Waals surface area contributed by atoms with Crippen LogP contribution in [0.4, 0.5) is 5.82 Å². The summed E-state index contributed by atoms with van der Waals surface area (Å²) in [4.78, 5) is 21.6. The number of nitrogens with one attached hydrogen (secondary N) is 1. The fourth-order valence-corrected chi connectivity index (χ4v) is 2.91. The Hall–Kier alpha value is -1.32. The smallest absolute Gasteiger partial charge is 0.225 e. The number of nitrogens with zero attached hydrogens (tertiary/aromatic N) is 2. The van der Waals surface area contributed by atoms with Gasteiger partial charge in [-0.05, 0) is 19.3 Å². The highest BCUT2D eigenvalue weighted by Crippen LogP contribution is 2.26. The van der Waals surface area contributed by atoms with Gasteiger partial charge in [0.1, 0.15) is 11.6 Å². The van der Waals surface area contributed by atoms with Crippen molar-refractivity contribution in [3.05, 3.63) is 12.0 Å². The highest BCUT2D eigenvalue weighted by atomic mass is 16.2. The minimum absolute atomic E-state index is 0.123. The maximum Gasteiger partial charge on any atom is 0.225 e. The Kier molecular flexibility index (Phi) is 5.00. The van der Waals surface area contributed by atoms with Gasteiger partial charge in [-0.15, -0.1) is 0 Å². The molecule has 4 nitrogen and oxygen atoms in total. The fraction of sp³-hybridized carbons (Fsp3) is 0.733. The second-order valence-electron chi connectivity index (χ2n) is 5.50. The summed E-state index contributed by atoms with van der Waals surface area (Å²) in [5.74, 6) is 2.00. The van der Waals surface area contributed by atoms with E-state index in [2.05, 4.69) is 16.9 Å². The van der Waals surface area contributed by atoms with Crippen molar-refractivity contribution in [2.75, 3.05) is 4.90 Å². The van der Waals surface area contributed by atoms with Gasteiger partial charge < -0.3 is 4.98 Å². The summed E-state index contributed by atoms with van der Waals surface area (Å²) in [6.07, 6.45) is 11.1. The summed E-state index contributed by atoms with van der Waals surface area (Å²) in [7, 11) is 0. The van der Waals surface area contributed by atoms with E-state index in [-0.39, 0.29) is 5.91 Å². The van der Waals surface area contributed by atoms with Crippen LogP contribution in [0.5, 0.6) is 0 Å². The van der Waals surface area contributed by atoms with Gasteiger partial charge in [-0.1, -0.05) is 32.6 Å². The largest absolute Gasteiger partial charge is 0.329 e. The minimum atomic E-state index is 0.123. The molecule has 0 aromatic carbocycles. The molecule has 0 spiro atoms. The van der Waals surface area contributed by atoms with E-state index in [1.807, 2.05) is 11.1 Å². The van der Waals surface area contributed by atoms with Crippen LogP contribution in [0.2, 0.25) is 0 Å². The molecule has 1 fully saturated rings. The van der Waals surface area contributed by atoms with Gasteiger partial charge in [-0.3, -0.25) is 9.69 Å². The Morgan fingerprint density at radius 1 is 1.42 bits per heavy atom. The predicted octanol–water partition coefficient (Wildman–Crippen LogP) is 3.44. The monoisotopic (exact) mass is 263 g/mol. The molecule has 1 aromatic rings. The van der Waals surface area contributed by atoms with Crippen molar-refractivity contribution in [3.63, 3.8) is 0 Å². The number of H-pyrrole nitrogens is 1. The van der Waals surface area contributed by atoms with Gasteiger partial charge in [0.15, 0.2) is 0 Å². The van der Waals surface area contributed by atoms with Gasteiger partial charge in [0.05, 0.1) is 6.20 Å². The molecule has 0 radical (unpaired) electrons. The number of anilines is 1. The lowest BCUT2D eigenvalue weighted by molar-refractivity contribution is -0.117. The molecule has 4 heteroatoms. The van der Waals surface area contributed by atoms with E-state index in [1.54, 1.807) is 6.92 Å². The number of aryl methyl sites for hydroxylation is 1. The molecule has 0 saturated heterocycles. The lowest BCUT2D eigenvalue weighted by atomic mass is 9.94. The van der Waals surface area contributed by atoms with Crippen LogP contribution < -0.4 is 4.90 Å². The molecule has 0 atom stereocenters. The first-order valence-electron chi connectivity index (χ1n) is 7.56. The maximum absolute atomic E-state index is 11.9. The molecule has 19 heavy (non-hydrogen) atoms. The summed E-state index contributed by atoms with van der Waals surface area (Å²) in [5.41, 5.74) is 0. The number of aromatic nitrogens is 2. The van der Waals surface area contributed by atoms with Crippen LogP contribution in [0, 0.1) is 0 Å². The lowest BCUT2D eigenvalue weighted by Gasteiger charge is -2.32.